The number of carbonyl (C=O) groups excluding carboxylic acids is 1. The summed E-state index contributed by atoms with van der Waals surface area (Å²) in [6, 6.07) is 7.73. The van der Waals surface area contributed by atoms with Crippen molar-refractivity contribution in [3.63, 3.8) is 0 Å². The van der Waals surface area contributed by atoms with E-state index in [-0.39, 0.29) is 11.6 Å². The van der Waals surface area contributed by atoms with E-state index < -0.39 is 45.0 Å². The van der Waals surface area contributed by atoms with Gasteiger partial charge in [0.1, 0.15) is 10.7 Å². The van der Waals surface area contributed by atoms with Crippen molar-refractivity contribution in [1.29, 1.82) is 0 Å². The van der Waals surface area contributed by atoms with E-state index in [4.69, 9.17) is 0 Å². The maximum Gasteiger partial charge on any atom is 0.261 e. The van der Waals surface area contributed by atoms with Crippen LogP contribution in [0.2, 0.25) is 0 Å². The fraction of sp³-hybridized carbons (Fsp3) is 0.552. The number of sulfonamides is 1. The zero-order valence-electron chi connectivity index (χ0n) is 22.9. The Hall–Kier alpha value is -2.43. The second-order valence-corrected chi connectivity index (χ2v) is 12.7. The SMILES string of the molecule is Cc1cccc(S(=O)(=O)NC(CC(=O)N(C)[C@@H]2CCCc3cc(CN4CCCCC4)ccc32)C(C)(F)F)c1F. The van der Waals surface area contributed by atoms with E-state index in [1.165, 1.54) is 48.8 Å². The van der Waals surface area contributed by atoms with Crippen LogP contribution in [0.5, 0.6) is 0 Å². The Morgan fingerprint density at radius 1 is 1.15 bits per heavy atom. The Morgan fingerprint density at radius 2 is 1.87 bits per heavy atom. The predicted octanol–water partition coefficient (Wildman–Crippen LogP) is 5.35. The van der Waals surface area contributed by atoms with E-state index >= 15 is 0 Å². The highest BCUT2D eigenvalue weighted by Crippen LogP contribution is 2.35. The number of carbonyl (C=O) groups is 1. The van der Waals surface area contributed by atoms with Crippen molar-refractivity contribution in [3.8, 4) is 0 Å². The van der Waals surface area contributed by atoms with Crippen LogP contribution in [0.15, 0.2) is 41.3 Å². The van der Waals surface area contributed by atoms with E-state index in [1.807, 2.05) is 10.8 Å². The van der Waals surface area contributed by atoms with Gasteiger partial charge in [-0.15, -0.1) is 0 Å². The molecule has 0 radical (unpaired) electrons. The second-order valence-electron chi connectivity index (χ2n) is 11.0. The number of hydrogen-bond acceptors (Lipinski definition) is 4. The summed E-state index contributed by atoms with van der Waals surface area (Å²) < 4.78 is 71.2. The number of aryl methyl sites for hydroxylation is 2. The molecule has 0 aromatic heterocycles. The van der Waals surface area contributed by atoms with Gasteiger partial charge in [-0.1, -0.05) is 36.8 Å². The fourth-order valence-electron chi connectivity index (χ4n) is 5.61. The lowest BCUT2D eigenvalue weighted by Gasteiger charge is -2.35. The first-order valence-electron chi connectivity index (χ1n) is 13.6. The average molecular weight is 566 g/mol. The average Bonchev–Trinajstić information content (AvgIpc) is 2.88. The van der Waals surface area contributed by atoms with Crippen LogP contribution >= 0.6 is 0 Å². The number of benzene rings is 2. The van der Waals surface area contributed by atoms with E-state index in [0.29, 0.717) is 13.3 Å². The van der Waals surface area contributed by atoms with Crippen molar-refractivity contribution >= 4 is 15.9 Å². The molecule has 1 unspecified atom stereocenters. The van der Waals surface area contributed by atoms with E-state index in [0.717, 1.165) is 49.7 Å². The Kier molecular flexibility index (Phi) is 9.08. The van der Waals surface area contributed by atoms with Crippen LogP contribution in [0.4, 0.5) is 13.2 Å². The number of halogens is 3. The highest BCUT2D eigenvalue weighted by Gasteiger charge is 2.41. The summed E-state index contributed by atoms with van der Waals surface area (Å²) in [7, 11) is -3.06. The first-order valence-corrected chi connectivity index (χ1v) is 15.1. The van der Waals surface area contributed by atoms with Crippen molar-refractivity contribution < 1.29 is 26.4 Å². The summed E-state index contributed by atoms with van der Waals surface area (Å²) in [4.78, 5) is 16.4. The predicted molar refractivity (Wildman–Crippen MR) is 145 cm³/mol. The van der Waals surface area contributed by atoms with Crippen LogP contribution in [0.1, 0.15) is 73.7 Å². The van der Waals surface area contributed by atoms with Crippen LogP contribution in [0.25, 0.3) is 0 Å². The van der Waals surface area contributed by atoms with Crippen molar-refractivity contribution in [1.82, 2.24) is 14.5 Å². The third-order valence-electron chi connectivity index (χ3n) is 7.94. The zero-order chi connectivity index (χ0) is 28.4. The lowest BCUT2D eigenvalue weighted by molar-refractivity contribution is -0.135. The number of fused-ring (bicyclic) bond motifs is 1. The van der Waals surface area contributed by atoms with Crippen LogP contribution in [0.3, 0.4) is 0 Å². The number of nitrogens with zero attached hydrogens (tertiary/aromatic N) is 2. The number of amides is 1. The summed E-state index contributed by atoms with van der Waals surface area (Å²) in [6.45, 7) is 5.03. The largest absolute Gasteiger partial charge is 0.339 e. The molecule has 214 valence electrons. The molecule has 1 amide bonds. The van der Waals surface area contributed by atoms with Gasteiger partial charge in [-0.3, -0.25) is 9.69 Å². The van der Waals surface area contributed by atoms with Crippen molar-refractivity contribution in [2.75, 3.05) is 20.1 Å². The van der Waals surface area contributed by atoms with Crippen molar-refractivity contribution in [2.45, 2.75) is 88.2 Å². The Labute approximate surface area is 229 Å². The molecule has 10 heteroatoms. The highest BCUT2D eigenvalue weighted by molar-refractivity contribution is 7.89. The first kappa shape index (κ1) is 29.6. The molecule has 2 aliphatic rings. The standard InChI is InChI=1S/C29H38F3N3O3S/c1-20-9-7-12-25(28(20)30)39(37,38)33-26(29(2,31)32)18-27(36)34(3)24-11-8-10-22-17-21(13-14-23(22)24)19-35-15-5-4-6-16-35/h7,9,12-14,17,24,26,33H,4-6,8,10-11,15-16,18-19H2,1-3H3/t24-,26?/m1/s1. The normalized spacial score (nSPS) is 19.4. The van der Waals surface area contributed by atoms with Crippen molar-refractivity contribution in [3.05, 3.63) is 64.5 Å². The highest BCUT2D eigenvalue weighted by atomic mass is 32.2. The summed E-state index contributed by atoms with van der Waals surface area (Å²) in [5.41, 5.74) is 3.47. The minimum Gasteiger partial charge on any atom is -0.339 e. The number of rotatable bonds is 9. The van der Waals surface area contributed by atoms with E-state index in [1.54, 1.807) is 7.05 Å². The summed E-state index contributed by atoms with van der Waals surface area (Å²) in [6.07, 6.45) is 5.38. The molecule has 4 rings (SSSR count). The molecule has 1 heterocycles. The molecule has 1 saturated heterocycles. The lowest BCUT2D eigenvalue weighted by atomic mass is 9.85. The van der Waals surface area contributed by atoms with Gasteiger partial charge in [-0.25, -0.2) is 26.3 Å². The lowest BCUT2D eigenvalue weighted by Crippen LogP contribution is -2.49. The maximum absolute atomic E-state index is 14.6. The smallest absolute Gasteiger partial charge is 0.261 e. The van der Waals surface area contributed by atoms with Gasteiger partial charge in [0, 0.05) is 26.9 Å². The third kappa shape index (κ3) is 7.02. The number of alkyl halides is 2. The van der Waals surface area contributed by atoms with Gasteiger partial charge >= 0.3 is 0 Å². The number of hydrogen-bond donors (Lipinski definition) is 1. The molecule has 0 bridgehead atoms. The summed E-state index contributed by atoms with van der Waals surface area (Å²) >= 11 is 0. The van der Waals surface area contributed by atoms with Crippen LogP contribution < -0.4 is 4.72 Å². The van der Waals surface area contributed by atoms with Gasteiger partial charge in [0.2, 0.25) is 15.9 Å². The monoisotopic (exact) mass is 565 g/mol. The second kappa shape index (κ2) is 12.0. The first-order chi connectivity index (χ1) is 18.4. The fourth-order valence-corrected chi connectivity index (χ4v) is 7.06. The van der Waals surface area contributed by atoms with Crippen LogP contribution in [-0.4, -0.2) is 56.2 Å². The van der Waals surface area contributed by atoms with Gasteiger partial charge in [-0.05, 0) is 80.4 Å². The number of likely N-dealkylation sites (tertiary alicyclic amines) is 1. The third-order valence-corrected chi connectivity index (χ3v) is 9.43. The molecule has 39 heavy (non-hydrogen) atoms. The van der Waals surface area contributed by atoms with Crippen LogP contribution in [0, 0.1) is 12.7 Å². The molecule has 0 spiro atoms. The van der Waals surface area contributed by atoms with Crippen molar-refractivity contribution in [2.24, 2.45) is 0 Å². The Balaban J connectivity index is 1.49. The van der Waals surface area contributed by atoms with Gasteiger partial charge in [0.05, 0.1) is 12.1 Å². The Bertz CT molecular complexity index is 1290. The maximum atomic E-state index is 14.6. The molecule has 1 aliphatic carbocycles. The van der Waals surface area contributed by atoms with Gasteiger partial charge in [0.25, 0.3) is 5.92 Å². The summed E-state index contributed by atoms with van der Waals surface area (Å²) in [5, 5.41) is 0. The quantitative estimate of drug-likeness (QED) is 0.445. The van der Waals surface area contributed by atoms with E-state index in [9.17, 15) is 26.4 Å². The molecule has 1 fully saturated rings. The molecule has 6 nitrogen and oxygen atoms in total. The molecular weight excluding hydrogens is 527 g/mol. The van der Waals surface area contributed by atoms with E-state index in [2.05, 4.69) is 17.0 Å². The molecule has 1 N–H and O–H groups in total. The topological polar surface area (TPSA) is 69.7 Å². The van der Waals surface area contributed by atoms with Gasteiger partial charge < -0.3 is 4.90 Å². The minimum absolute atomic E-state index is 0.0727. The minimum atomic E-state index is -4.64. The zero-order valence-corrected chi connectivity index (χ0v) is 23.7. The molecular formula is C29H38F3N3O3S. The molecule has 1 aliphatic heterocycles. The molecule has 2 aromatic rings. The molecule has 2 atom stereocenters. The number of piperidine rings is 1. The molecule has 2 aromatic carbocycles. The summed E-state index contributed by atoms with van der Waals surface area (Å²) in [5.74, 6) is -5.17. The molecule has 0 saturated carbocycles. The van der Waals surface area contributed by atoms with Gasteiger partial charge in [-0.2, -0.15) is 0 Å². The Morgan fingerprint density at radius 3 is 2.56 bits per heavy atom. The van der Waals surface area contributed by atoms with Crippen LogP contribution in [-0.2, 0) is 27.8 Å². The number of nitrogens with one attached hydrogen (secondary N) is 1. The van der Waals surface area contributed by atoms with Gasteiger partial charge in [0.15, 0.2) is 0 Å².